The highest BCUT2D eigenvalue weighted by molar-refractivity contribution is 7.80. The van der Waals surface area contributed by atoms with Gasteiger partial charge in [-0.15, -0.1) is 0 Å². The minimum absolute atomic E-state index is 0.0515. The summed E-state index contributed by atoms with van der Waals surface area (Å²) in [5, 5.41) is 4.92. The van der Waals surface area contributed by atoms with E-state index in [9.17, 15) is 0 Å². The number of aromatic amines is 1. The van der Waals surface area contributed by atoms with Crippen LogP contribution in [0.5, 0.6) is 0 Å². The van der Waals surface area contributed by atoms with E-state index in [1.807, 2.05) is 42.7 Å². The van der Waals surface area contributed by atoms with Gasteiger partial charge in [0.2, 0.25) is 0 Å². The third-order valence-electron chi connectivity index (χ3n) is 6.46. The highest BCUT2D eigenvalue weighted by Crippen LogP contribution is 2.43. The molecule has 0 aliphatic carbocycles. The average Bonchev–Trinajstić information content (AvgIpc) is 3.41. The number of H-pyrrole nitrogens is 1. The van der Waals surface area contributed by atoms with Crippen LogP contribution in [0.3, 0.4) is 0 Å². The fourth-order valence-corrected chi connectivity index (χ4v) is 5.88. The lowest BCUT2D eigenvalue weighted by atomic mass is 9.91. The van der Waals surface area contributed by atoms with Gasteiger partial charge in [0.05, 0.1) is 22.4 Å². The van der Waals surface area contributed by atoms with Crippen molar-refractivity contribution in [2.24, 2.45) is 11.8 Å². The summed E-state index contributed by atoms with van der Waals surface area (Å²) < 4.78 is 0. The van der Waals surface area contributed by atoms with Crippen molar-refractivity contribution in [1.29, 1.82) is 0 Å². The molecule has 0 radical (unpaired) electrons. The fourth-order valence-electron chi connectivity index (χ4n) is 5.24. The largest absolute Gasteiger partial charge is 0.370 e. The number of hydrogen-bond acceptors (Lipinski definition) is 3. The number of piperidine rings is 1. The molecule has 2 saturated heterocycles. The van der Waals surface area contributed by atoms with E-state index in [4.69, 9.17) is 23.8 Å². The van der Waals surface area contributed by atoms with Crippen LogP contribution in [-0.4, -0.2) is 28.2 Å². The molecule has 5 rings (SSSR count). The molecule has 2 aromatic heterocycles. The molecular weight excluding hydrogens is 438 g/mol. The molecule has 5 nitrogen and oxygen atoms in total. The number of aromatic nitrogens is 2. The second-order valence-electron chi connectivity index (χ2n) is 9.11. The van der Waals surface area contributed by atoms with Gasteiger partial charge in [-0.25, -0.2) is 0 Å². The van der Waals surface area contributed by atoms with Gasteiger partial charge in [-0.3, -0.25) is 4.98 Å². The van der Waals surface area contributed by atoms with E-state index >= 15 is 0 Å². The van der Waals surface area contributed by atoms with E-state index in [-0.39, 0.29) is 12.1 Å². The van der Waals surface area contributed by atoms with Crippen molar-refractivity contribution in [1.82, 2.24) is 15.3 Å². The molecule has 166 valence electrons. The number of hydrogen-bond donors (Lipinski definition) is 2. The average molecular weight is 466 g/mol. The summed E-state index contributed by atoms with van der Waals surface area (Å²) >= 11 is 12.7. The minimum Gasteiger partial charge on any atom is -0.370 e. The Morgan fingerprint density at radius 3 is 2.53 bits per heavy atom. The predicted octanol–water partition coefficient (Wildman–Crippen LogP) is 5.72. The van der Waals surface area contributed by atoms with E-state index in [2.05, 4.69) is 57.1 Å². The van der Waals surface area contributed by atoms with Crippen LogP contribution in [0.4, 0.5) is 11.4 Å². The zero-order chi connectivity index (χ0) is 22.2. The van der Waals surface area contributed by atoms with Gasteiger partial charge in [0.1, 0.15) is 6.04 Å². The lowest BCUT2D eigenvalue weighted by Crippen LogP contribution is -2.38. The highest BCUT2D eigenvalue weighted by Gasteiger charge is 2.41. The molecule has 2 N–H and O–H groups in total. The lowest BCUT2D eigenvalue weighted by molar-refractivity contribution is 0.357. The molecule has 0 bridgehead atoms. The maximum Gasteiger partial charge on any atom is 0.174 e. The highest BCUT2D eigenvalue weighted by atomic mass is 35.5. The first kappa shape index (κ1) is 21.3. The van der Waals surface area contributed by atoms with Crippen molar-refractivity contribution < 1.29 is 0 Å². The minimum atomic E-state index is -0.0652. The standard InChI is InChI=1S/C25H28ClN5S/c1-16-12-17(2)15-30(14-16)22-9-8-18(13-19(22)26)31-24(21-7-5-11-28-21)23(29-25(31)32)20-6-3-4-10-27-20/h3-11,13,16-17,23-24,28H,12,14-15H2,1-2H3,(H,29,32)/t16-,17+,23-,24+/m0/s1. The molecule has 7 heteroatoms. The smallest absolute Gasteiger partial charge is 0.174 e. The van der Waals surface area contributed by atoms with E-state index in [0.29, 0.717) is 16.9 Å². The third kappa shape index (κ3) is 3.97. The Labute approximate surface area is 199 Å². The zero-order valence-electron chi connectivity index (χ0n) is 18.3. The van der Waals surface area contributed by atoms with E-state index < -0.39 is 0 Å². The van der Waals surface area contributed by atoms with Crippen LogP contribution in [0.25, 0.3) is 0 Å². The van der Waals surface area contributed by atoms with Crippen molar-refractivity contribution in [3.8, 4) is 0 Å². The molecule has 0 unspecified atom stereocenters. The Hall–Kier alpha value is -2.57. The summed E-state index contributed by atoms with van der Waals surface area (Å²) in [4.78, 5) is 12.5. The Kier molecular flexibility index (Phi) is 5.82. The summed E-state index contributed by atoms with van der Waals surface area (Å²) in [6.45, 7) is 6.72. The van der Waals surface area contributed by atoms with Gasteiger partial charge in [-0.2, -0.15) is 0 Å². The van der Waals surface area contributed by atoms with Crippen molar-refractivity contribution in [2.45, 2.75) is 32.4 Å². The maximum absolute atomic E-state index is 6.86. The lowest BCUT2D eigenvalue weighted by Gasteiger charge is -2.37. The molecule has 3 aromatic rings. The molecule has 0 amide bonds. The van der Waals surface area contributed by atoms with Gasteiger partial charge in [0, 0.05) is 36.9 Å². The first-order chi connectivity index (χ1) is 15.5. The van der Waals surface area contributed by atoms with E-state index in [0.717, 1.165) is 40.9 Å². The molecule has 0 saturated carbocycles. The monoisotopic (exact) mass is 465 g/mol. The Morgan fingerprint density at radius 2 is 1.88 bits per heavy atom. The van der Waals surface area contributed by atoms with Crippen LogP contribution in [0.1, 0.15) is 43.7 Å². The SMILES string of the molecule is C[C@@H]1C[C@H](C)CN(c2ccc(N3C(=S)N[C@@H](c4ccccn4)[C@H]3c3ccc[nH]3)cc2Cl)C1. The molecule has 4 heterocycles. The number of halogens is 1. The van der Waals surface area contributed by atoms with Crippen LogP contribution in [0.15, 0.2) is 60.9 Å². The Balaban J connectivity index is 1.50. The summed E-state index contributed by atoms with van der Waals surface area (Å²) in [5.41, 5.74) is 4.11. The van der Waals surface area contributed by atoms with Gasteiger partial charge in [-0.05, 0) is 72.9 Å². The van der Waals surface area contributed by atoms with Crippen molar-refractivity contribution in [3.63, 3.8) is 0 Å². The molecule has 2 aliphatic heterocycles. The number of thiocarbonyl (C=S) groups is 1. The molecular formula is C25H28ClN5S. The van der Waals surface area contributed by atoms with Gasteiger partial charge in [0.25, 0.3) is 0 Å². The second kappa shape index (κ2) is 8.75. The molecule has 0 spiro atoms. The van der Waals surface area contributed by atoms with Crippen molar-refractivity contribution in [2.75, 3.05) is 22.9 Å². The van der Waals surface area contributed by atoms with Gasteiger partial charge in [0.15, 0.2) is 5.11 Å². The van der Waals surface area contributed by atoms with Crippen molar-refractivity contribution in [3.05, 3.63) is 77.3 Å². The van der Waals surface area contributed by atoms with Crippen LogP contribution < -0.4 is 15.1 Å². The molecule has 32 heavy (non-hydrogen) atoms. The van der Waals surface area contributed by atoms with Gasteiger partial charge >= 0.3 is 0 Å². The van der Waals surface area contributed by atoms with Crippen LogP contribution >= 0.6 is 23.8 Å². The molecule has 1 aromatic carbocycles. The van der Waals surface area contributed by atoms with E-state index in [1.54, 1.807) is 0 Å². The van der Waals surface area contributed by atoms with Crippen LogP contribution in [0.2, 0.25) is 5.02 Å². The zero-order valence-corrected chi connectivity index (χ0v) is 19.9. The summed E-state index contributed by atoms with van der Waals surface area (Å²) in [6.07, 6.45) is 5.03. The fraction of sp³-hybridized carbons (Fsp3) is 0.360. The summed E-state index contributed by atoms with van der Waals surface area (Å²) in [7, 11) is 0. The predicted molar refractivity (Wildman–Crippen MR) is 135 cm³/mol. The van der Waals surface area contributed by atoms with Crippen LogP contribution in [-0.2, 0) is 0 Å². The number of nitrogens with zero attached hydrogens (tertiary/aromatic N) is 3. The Morgan fingerprint density at radius 1 is 1.06 bits per heavy atom. The maximum atomic E-state index is 6.86. The summed E-state index contributed by atoms with van der Waals surface area (Å²) in [6, 6.07) is 16.3. The third-order valence-corrected chi connectivity index (χ3v) is 7.08. The summed E-state index contributed by atoms with van der Waals surface area (Å²) in [5.74, 6) is 1.34. The topological polar surface area (TPSA) is 47.2 Å². The second-order valence-corrected chi connectivity index (χ2v) is 9.90. The normalized spacial score (nSPS) is 25.8. The number of anilines is 2. The van der Waals surface area contributed by atoms with E-state index in [1.165, 1.54) is 6.42 Å². The Bertz CT molecular complexity index is 1080. The molecule has 2 aliphatic rings. The number of rotatable bonds is 4. The first-order valence-electron chi connectivity index (χ1n) is 11.2. The number of pyridine rings is 1. The quantitative estimate of drug-likeness (QED) is 0.482. The van der Waals surface area contributed by atoms with Crippen LogP contribution in [0, 0.1) is 11.8 Å². The van der Waals surface area contributed by atoms with Gasteiger partial charge in [-0.1, -0.05) is 31.5 Å². The number of nitrogens with one attached hydrogen (secondary N) is 2. The number of benzene rings is 1. The first-order valence-corrected chi connectivity index (χ1v) is 12.0. The van der Waals surface area contributed by atoms with Gasteiger partial charge < -0.3 is 20.1 Å². The van der Waals surface area contributed by atoms with Crippen molar-refractivity contribution >= 4 is 40.3 Å². The molecule has 4 atom stereocenters. The molecule has 2 fully saturated rings.